The Hall–Kier alpha value is -1.45. The zero-order chi connectivity index (χ0) is 20.3. The van der Waals surface area contributed by atoms with Gasteiger partial charge in [0, 0.05) is 32.7 Å². The van der Waals surface area contributed by atoms with E-state index in [0.29, 0.717) is 25.6 Å². The molecule has 2 aliphatic rings. The van der Waals surface area contributed by atoms with E-state index in [1.807, 2.05) is 0 Å². The van der Waals surface area contributed by atoms with Crippen LogP contribution in [0, 0.1) is 5.92 Å². The van der Waals surface area contributed by atoms with Crippen molar-refractivity contribution in [2.45, 2.75) is 44.8 Å². The summed E-state index contributed by atoms with van der Waals surface area (Å²) in [5, 5.41) is -0.228. The van der Waals surface area contributed by atoms with Crippen LogP contribution in [0.2, 0.25) is 5.02 Å². The van der Waals surface area contributed by atoms with Gasteiger partial charge in [0.25, 0.3) is 5.91 Å². The monoisotopic (exact) mass is 429 g/mol. The van der Waals surface area contributed by atoms with Crippen LogP contribution in [0.15, 0.2) is 6.20 Å². The molecule has 0 bridgehead atoms. The van der Waals surface area contributed by atoms with E-state index in [1.165, 1.54) is 6.20 Å². The van der Waals surface area contributed by atoms with E-state index in [9.17, 15) is 13.2 Å². The number of halogens is 1. The number of amides is 1. The van der Waals surface area contributed by atoms with Crippen LogP contribution < -0.4 is 9.62 Å². The van der Waals surface area contributed by atoms with Crippen molar-refractivity contribution in [1.82, 2.24) is 19.6 Å². The van der Waals surface area contributed by atoms with E-state index in [-0.39, 0.29) is 22.5 Å². The van der Waals surface area contributed by atoms with Gasteiger partial charge in [-0.15, -0.1) is 0 Å². The van der Waals surface area contributed by atoms with Crippen molar-refractivity contribution in [2.24, 2.45) is 5.92 Å². The predicted molar refractivity (Wildman–Crippen MR) is 109 cm³/mol. The highest BCUT2D eigenvalue weighted by atomic mass is 35.5. The maximum Gasteiger partial charge on any atom is 0.274 e. The van der Waals surface area contributed by atoms with Gasteiger partial charge in [-0.3, -0.25) is 4.79 Å². The van der Waals surface area contributed by atoms with Gasteiger partial charge in [0.1, 0.15) is 0 Å². The molecule has 1 aromatic heterocycles. The fourth-order valence-electron chi connectivity index (χ4n) is 3.54. The number of rotatable bonds is 6. The second-order valence-corrected chi connectivity index (χ2v) is 10.5. The second-order valence-electron chi connectivity index (χ2n) is 7.76. The molecule has 0 aliphatic carbocycles. The minimum Gasteiger partial charge on any atom is -0.341 e. The summed E-state index contributed by atoms with van der Waals surface area (Å²) < 4.78 is 26.6. The van der Waals surface area contributed by atoms with Crippen molar-refractivity contribution in [1.29, 1.82) is 0 Å². The molecule has 3 rings (SSSR count). The van der Waals surface area contributed by atoms with Gasteiger partial charge in [0.2, 0.25) is 16.0 Å². The van der Waals surface area contributed by atoms with Crippen LogP contribution in [0.4, 0.5) is 5.95 Å². The van der Waals surface area contributed by atoms with Crippen molar-refractivity contribution in [2.75, 3.05) is 37.6 Å². The van der Waals surface area contributed by atoms with Crippen molar-refractivity contribution in [3.63, 3.8) is 0 Å². The molecule has 1 atom stereocenters. The van der Waals surface area contributed by atoms with Gasteiger partial charge in [-0.2, -0.15) is 0 Å². The maximum absolute atomic E-state index is 13.0. The molecule has 10 heteroatoms. The smallest absolute Gasteiger partial charge is 0.274 e. The van der Waals surface area contributed by atoms with Gasteiger partial charge in [-0.05, 0) is 45.4 Å². The maximum atomic E-state index is 13.0. The molecule has 2 saturated heterocycles. The molecule has 28 heavy (non-hydrogen) atoms. The number of nitrogens with one attached hydrogen (secondary N) is 1. The third-order valence-electron chi connectivity index (χ3n) is 5.32. The van der Waals surface area contributed by atoms with E-state index in [2.05, 4.69) is 19.6 Å². The molecule has 1 unspecified atom stereocenters. The van der Waals surface area contributed by atoms with Gasteiger partial charge in [0.05, 0.1) is 16.5 Å². The van der Waals surface area contributed by atoms with Gasteiger partial charge in [0.15, 0.2) is 5.69 Å². The summed E-state index contributed by atoms with van der Waals surface area (Å²) in [6.45, 7) is 6.50. The van der Waals surface area contributed by atoms with E-state index in [1.54, 1.807) is 18.7 Å². The van der Waals surface area contributed by atoms with E-state index < -0.39 is 15.3 Å². The summed E-state index contributed by atoms with van der Waals surface area (Å²) in [4.78, 5) is 25.5. The summed E-state index contributed by atoms with van der Waals surface area (Å²) in [5.74, 6) is 0.401. The molecule has 2 fully saturated rings. The van der Waals surface area contributed by atoms with Crippen molar-refractivity contribution >= 4 is 33.5 Å². The average Bonchev–Trinajstić information content (AvgIpc) is 3.21. The normalized spacial score (nSPS) is 20.8. The van der Waals surface area contributed by atoms with Crippen LogP contribution >= 0.6 is 11.6 Å². The number of aromatic nitrogens is 2. The number of likely N-dealkylation sites (tertiary alicyclic amines) is 1. The molecule has 0 saturated carbocycles. The number of carbonyl (C=O) groups is 1. The largest absolute Gasteiger partial charge is 0.341 e. The lowest BCUT2D eigenvalue weighted by Crippen LogP contribution is -2.45. The minimum absolute atomic E-state index is 0.0740. The minimum atomic E-state index is -3.31. The highest BCUT2D eigenvalue weighted by Crippen LogP contribution is 2.23. The fraction of sp³-hybridized carbons (Fsp3) is 0.722. The SMILES string of the molecule is CC(C)S(=O)(=O)NCC1CCCN(C(=O)c2nc(N3CCCC3)ncc2Cl)C1. The van der Waals surface area contributed by atoms with Crippen molar-refractivity contribution in [3.8, 4) is 0 Å². The van der Waals surface area contributed by atoms with Gasteiger partial charge in [-0.1, -0.05) is 11.6 Å². The molecule has 1 N–H and O–H groups in total. The number of hydrogen-bond acceptors (Lipinski definition) is 6. The Labute approximate surface area is 171 Å². The summed E-state index contributed by atoms with van der Waals surface area (Å²) in [6.07, 6.45) is 5.38. The molecule has 1 amide bonds. The first-order chi connectivity index (χ1) is 13.3. The number of sulfonamides is 1. The third kappa shape index (κ3) is 4.93. The zero-order valence-corrected chi connectivity index (χ0v) is 18.0. The zero-order valence-electron chi connectivity index (χ0n) is 16.4. The number of carbonyl (C=O) groups excluding carboxylic acids is 1. The van der Waals surface area contributed by atoms with Crippen molar-refractivity contribution in [3.05, 3.63) is 16.9 Å². The van der Waals surface area contributed by atoms with Gasteiger partial charge in [-0.25, -0.2) is 23.1 Å². The van der Waals surface area contributed by atoms with Gasteiger partial charge >= 0.3 is 0 Å². The van der Waals surface area contributed by atoms with Gasteiger partial charge < -0.3 is 9.80 Å². The van der Waals surface area contributed by atoms with Crippen LogP contribution in [0.1, 0.15) is 50.0 Å². The molecule has 1 aromatic rings. The quantitative estimate of drug-likeness (QED) is 0.742. The molecule has 156 valence electrons. The number of anilines is 1. The Balaban J connectivity index is 1.67. The molecule has 3 heterocycles. The lowest BCUT2D eigenvalue weighted by Gasteiger charge is -2.33. The van der Waals surface area contributed by atoms with Crippen LogP contribution in [0.3, 0.4) is 0 Å². The molecule has 2 aliphatic heterocycles. The number of hydrogen-bond donors (Lipinski definition) is 1. The first-order valence-corrected chi connectivity index (χ1v) is 11.8. The molecular formula is C18H28ClN5O3S. The highest BCUT2D eigenvalue weighted by Gasteiger charge is 2.29. The summed E-state index contributed by atoms with van der Waals surface area (Å²) >= 11 is 6.23. The fourth-order valence-corrected chi connectivity index (χ4v) is 4.52. The third-order valence-corrected chi connectivity index (χ3v) is 7.41. The molecule has 0 aromatic carbocycles. The van der Waals surface area contributed by atoms with Crippen molar-refractivity contribution < 1.29 is 13.2 Å². The summed E-state index contributed by atoms with van der Waals surface area (Å²) in [7, 11) is -3.31. The molecular weight excluding hydrogens is 402 g/mol. The Morgan fingerprint density at radius 2 is 2.00 bits per heavy atom. The standard InChI is InChI=1S/C18H28ClN5O3S/c1-13(2)28(26,27)21-10-14-6-5-9-24(12-14)17(25)16-15(19)11-20-18(22-16)23-7-3-4-8-23/h11,13-14,21H,3-10,12H2,1-2H3. The van der Waals surface area contributed by atoms with E-state index >= 15 is 0 Å². The topological polar surface area (TPSA) is 95.5 Å². The number of nitrogens with zero attached hydrogens (tertiary/aromatic N) is 4. The molecule has 8 nitrogen and oxygen atoms in total. The lowest BCUT2D eigenvalue weighted by atomic mass is 9.98. The second kappa shape index (κ2) is 8.92. The first-order valence-electron chi connectivity index (χ1n) is 9.83. The Morgan fingerprint density at radius 1 is 1.29 bits per heavy atom. The van der Waals surface area contributed by atoms with Crippen LogP contribution in [0.25, 0.3) is 0 Å². The Kier molecular flexibility index (Phi) is 6.77. The highest BCUT2D eigenvalue weighted by molar-refractivity contribution is 7.90. The lowest BCUT2D eigenvalue weighted by molar-refractivity contribution is 0.0670. The van der Waals surface area contributed by atoms with Crippen LogP contribution in [-0.4, -0.2) is 67.2 Å². The summed E-state index contributed by atoms with van der Waals surface area (Å²) in [5.41, 5.74) is 0.224. The Bertz CT molecular complexity index is 811. The number of piperidine rings is 1. The predicted octanol–water partition coefficient (Wildman–Crippen LogP) is 1.91. The van der Waals surface area contributed by atoms with E-state index in [4.69, 9.17) is 11.6 Å². The van der Waals surface area contributed by atoms with E-state index in [0.717, 1.165) is 38.8 Å². The van der Waals surface area contributed by atoms with Crippen LogP contribution in [0.5, 0.6) is 0 Å². The molecule has 0 radical (unpaired) electrons. The first kappa shape index (κ1) is 21.3. The summed E-state index contributed by atoms with van der Waals surface area (Å²) in [6, 6.07) is 0. The van der Waals surface area contributed by atoms with Crippen LogP contribution in [-0.2, 0) is 10.0 Å². The molecule has 0 spiro atoms. The Morgan fingerprint density at radius 3 is 2.68 bits per heavy atom. The average molecular weight is 430 g/mol.